The highest BCUT2D eigenvalue weighted by Gasteiger charge is 2.46. The van der Waals surface area contributed by atoms with Crippen LogP contribution in [-0.2, 0) is 17.8 Å². The summed E-state index contributed by atoms with van der Waals surface area (Å²) in [6.07, 6.45) is 6.05. The quantitative estimate of drug-likeness (QED) is 0.110. The molecule has 3 N–H and O–H groups in total. The Bertz CT molecular complexity index is 2120. The Morgan fingerprint density at radius 3 is 2.62 bits per heavy atom. The van der Waals surface area contributed by atoms with Gasteiger partial charge in [0.15, 0.2) is 5.96 Å². The van der Waals surface area contributed by atoms with Crippen LogP contribution in [0, 0.1) is 17.3 Å². The van der Waals surface area contributed by atoms with E-state index in [-0.39, 0.29) is 24.1 Å². The highest BCUT2D eigenvalue weighted by molar-refractivity contribution is 6.30. The topological polar surface area (TPSA) is 107 Å². The van der Waals surface area contributed by atoms with Crippen molar-refractivity contribution in [3.05, 3.63) is 93.9 Å². The van der Waals surface area contributed by atoms with Gasteiger partial charge in [-0.2, -0.15) is 0 Å². The minimum absolute atomic E-state index is 0.00229. The van der Waals surface area contributed by atoms with Crippen molar-refractivity contribution in [2.24, 2.45) is 22.2 Å². The number of aromatic amines is 1. The number of fused-ring (bicyclic) bond motifs is 2. The number of para-hydroxylation sites is 1. The molecular weight excluding hydrogens is 646 g/mol. The van der Waals surface area contributed by atoms with Gasteiger partial charge in [0.25, 0.3) is 5.56 Å². The van der Waals surface area contributed by atoms with Crippen LogP contribution in [0.3, 0.4) is 0 Å². The minimum atomic E-state index is -0.0975. The fourth-order valence-electron chi connectivity index (χ4n) is 7.94. The maximum atomic E-state index is 14.2. The lowest BCUT2D eigenvalue weighted by Gasteiger charge is -2.52. The molecule has 3 atom stereocenters. The molecule has 50 heavy (non-hydrogen) atoms. The van der Waals surface area contributed by atoms with Crippen LogP contribution in [0.2, 0.25) is 5.02 Å². The third kappa shape index (κ3) is 6.75. The van der Waals surface area contributed by atoms with E-state index in [4.69, 9.17) is 21.6 Å². The Hall–Kier alpha value is -4.63. The van der Waals surface area contributed by atoms with Crippen LogP contribution in [0.15, 0.2) is 82.7 Å². The number of H-pyrrole nitrogens is 1. The van der Waals surface area contributed by atoms with E-state index in [0.29, 0.717) is 65.1 Å². The molecule has 7 rings (SSSR count). The molecule has 9 nitrogen and oxygen atoms in total. The van der Waals surface area contributed by atoms with E-state index < -0.39 is 0 Å². The van der Waals surface area contributed by atoms with Gasteiger partial charge in [-0.15, -0.1) is 0 Å². The number of carbonyl (C=O) groups excluding carboxylic acids is 1. The Morgan fingerprint density at radius 1 is 1.06 bits per heavy atom. The van der Waals surface area contributed by atoms with Crippen LogP contribution in [0.5, 0.6) is 0 Å². The number of amides is 1. The highest BCUT2D eigenvalue weighted by Crippen LogP contribution is 2.54. The fourth-order valence-corrected chi connectivity index (χ4v) is 8.06. The van der Waals surface area contributed by atoms with Crippen LogP contribution in [0.1, 0.15) is 52.5 Å². The molecule has 1 saturated heterocycles. The van der Waals surface area contributed by atoms with Crippen molar-refractivity contribution in [3.63, 3.8) is 0 Å². The monoisotopic (exact) mass is 691 g/mol. The Kier molecular flexibility index (Phi) is 9.44. The van der Waals surface area contributed by atoms with E-state index in [0.717, 1.165) is 40.1 Å². The van der Waals surface area contributed by atoms with E-state index in [1.807, 2.05) is 84.8 Å². The average molecular weight is 692 g/mol. The molecule has 5 aromatic rings. The molecule has 1 aliphatic carbocycles. The second kappa shape index (κ2) is 13.9. The number of guanidine groups is 1. The number of rotatable bonds is 9. The standard InChI is InChI=1S/C40H46ClN7O2/c1-5-27-20-28(40(27,3)4)16-18-42-39(47-23-25(2)44-36(49)24-47)45-30-14-15-32-35(21-30)46-37(33-22-43-34-9-7-6-8-31(33)34)48(38(32)50)19-17-26-10-12-29(41)13-11-26/h6-15,21-22,25,27-28,43H,5,16-20,23-24H2,1-4H3,(H,42,45)(H,44,49)/t25-,27+,28-/m0/s1. The van der Waals surface area contributed by atoms with Crippen molar-refractivity contribution in [2.45, 2.75) is 66.0 Å². The SMILES string of the molecule is CC[C@@H]1C[C@H](CCN=C(Nc2ccc3c(=O)n(CCc4ccc(Cl)cc4)c(-c4c[nH]c5ccccc45)nc3c2)N2CC(=O)N[C@@H](C)C2)C1(C)C. The number of hydrogen-bond donors (Lipinski definition) is 3. The third-order valence-electron chi connectivity index (χ3n) is 11.0. The lowest BCUT2D eigenvalue weighted by Crippen LogP contribution is -2.56. The van der Waals surface area contributed by atoms with E-state index >= 15 is 0 Å². The van der Waals surface area contributed by atoms with Gasteiger partial charge in [-0.3, -0.25) is 19.1 Å². The van der Waals surface area contributed by atoms with E-state index in [1.54, 1.807) is 4.57 Å². The Morgan fingerprint density at radius 2 is 1.86 bits per heavy atom. The number of aliphatic imine (C=N–C) groups is 1. The number of hydrogen-bond acceptors (Lipinski definition) is 4. The van der Waals surface area contributed by atoms with Gasteiger partial charge in [-0.25, -0.2) is 4.98 Å². The second-order valence-corrected chi connectivity index (χ2v) is 15.0. The number of halogens is 1. The molecule has 0 radical (unpaired) electrons. The Labute approximate surface area is 298 Å². The maximum Gasteiger partial charge on any atom is 0.261 e. The number of anilines is 1. The number of aryl methyl sites for hydroxylation is 1. The number of aromatic nitrogens is 3. The van der Waals surface area contributed by atoms with Gasteiger partial charge >= 0.3 is 0 Å². The number of carbonyl (C=O) groups is 1. The molecule has 260 valence electrons. The molecule has 3 aromatic carbocycles. The van der Waals surface area contributed by atoms with Crippen molar-refractivity contribution < 1.29 is 4.79 Å². The van der Waals surface area contributed by atoms with Crippen LogP contribution in [0.25, 0.3) is 33.2 Å². The predicted molar refractivity (Wildman–Crippen MR) is 204 cm³/mol. The summed E-state index contributed by atoms with van der Waals surface area (Å²) in [5, 5.41) is 8.77. The molecule has 3 heterocycles. The van der Waals surface area contributed by atoms with Gasteiger partial charge in [0.2, 0.25) is 5.91 Å². The van der Waals surface area contributed by atoms with Gasteiger partial charge < -0.3 is 20.5 Å². The molecule has 1 aliphatic heterocycles. The lowest BCUT2D eigenvalue weighted by molar-refractivity contribution is -0.123. The van der Waals surface area contributed by atoms with Crippen molar-refractivity contribution in [3.8, 4) is 11.4 Å². The first kappa shape index (κ1) is 33.8. The second-order valence-electron chi connectivity index (χ2n) is 14.6. The number of nitrogens with zero attached hydrogens (tertiary/aromatic N) is 4. The zero-order valence-corrected chi connectivity index (χ0v) is 30.1. The molecular formula is C40H46ClN7O2. The van der Waals surface area contributed by atoms with Crippen LogP contribution >= 0.6 is 11.6 Å². The van der Waals surface area contributed by atoms with Crippen LogP contribution < -0.4 is 16.2 Å². The van der Waals surface area contributed by atoms with Crippen LogP contribution in [-0.4, -0.2) is 57.0 Å². The molecule has 2 aromatic heterocycles. The van der Waals surface area contributed by atoms with Crippen molar-refractivity contribution in [1.82, 2.24) is 24.8 Å². The molecule has 1 saturated carbocycles. The summed E-state index contributed by atoms with van der Waals surface area (Å²) >= 11 is 6.13. The first-order valence-electron chi connectivity index (χ1n) is 17.8. The average Bonchev–Trinajstić information content (AvgIpc) is 3.53. The zero-order chi connectivity index (χ0) is 35.0. The van der Waals surface area contributed by atoms with Crippen molar-refractivity contribution >= 4 is 51.0 Å². The van der Waals surface area contributed by atoms with E-state index in [2.05, 4.69) is 36.4 Å². The molecule has 0 bridgehead atoms. The first-order chi connectivity index (χ1) is 24.1. The third-order valence-corrected chi connectivity index (χ3v) is 11.3. The fraction of sp³-hybridized carbons (Fsp3) is 0.400. The largest absolute Gasteiger partial charge is 0.360 e. The summed E-state index contributed by atoms with van der Waals surface area (Å²) in [7, 11) is 0. The van der Waals surface area contributed by atoms with Crippen LogP contribution in [0.4, 0.5) is 5.69 Å². The molecule has 1 amide bonds. The molecule has 0 unspecified atom stereocenters. The van der Waals surface area contributed by atoms with Gasteiger partial charge in [0.1, 0.15) is 5.82 Å². The first-order valence-corrected chi connectivity index (χ1v) is 18.2. The maximum absolute atomic E-state index is 14.2. The van der Waals surface area contributed by atoms with Gasteiger partial charge in [0.05, 0.1) is 17.4 Å². The molecule has 0 spiro atoms. The van der Waals surface area contributed by atoms with Gasteiger partial charge in [-0.1, -0.05) is 69.1 Å². The number of nitrogens with one attached hydrogen (secondary N) is 3. The predicted octanol–water partition coefficient (Wildman–Crippen LogP) is 7.49. The lowest BCUT2D eigenvalue weighted by atomic mass is 9.53. The Balaban J connectivity index is 1.23. The van der Waals surface area contributed by atoms with Gasteiger partial charge in [-0.05, 0) is 85.4 Å². The summed E-state index contributed by atoms with van der Waals surface area (Å²) < 4.78 is 1.78. The summed E-state index contributed by atoms with van der Waals surface area (Å²) in [5.41, 5.74) is 4.52. The molecule has 2 aliphatic rings. The summed E-state index contributed by atoms with van der Waals surface area (Å²) in [5.74, 6) is 2.66. The number of benzene rings is 3. The number of piperazine rings is 1. The van der Waals surface area contributed by atoms with E-state index in [1.165, 1.54) is 12.8 Å². The smallest absolute Gasteiger partial charge is 0.261 e. The molecule has 10 heteroatoms. The minimum Gasteiger partial charge on any atom is -0.360 e. The summed E-state index contributed by atoms with van der Waals surface area (Å²) in [4.78, 5) is 42.4. The highest BCUT2D eigenvalue weighted by atomic mass is 35.5. The normalized spacial score (nSPS) is 20.6. The molecule has 2 fully saturated rings. The van der Waals surface area contributed by atoms with Crippen molar-refractivity contribution in [2.75, 3.05) is 25.0 Å². The zero-order valence-electron chi connectivity index (χ0n) is 29.3. The van der Waals surface area contributed by atoms with Gasteiger partial charge in [0, 0.05) is 59.0 Å². The van der Waals surface area contributed by atoms with Crippen molar-refractivity contribution in [1.29, 1.82) is 0 Å². The summed E-state index contributed by atoms with van der Waals surface area (Å²) in [6, 6.07) is 21.5. The van der Waals surface area contributed by atoms with E-state index in [9.17, 15) is 9.59 Å². The summed E-state index contributed by atoms with van der Waals surface area (Å²) in [6.45, 7) is 11.1.